The third kappa shape index (κ3) is 5.27. The van der Waals surface area contributed by atoms with Gasteiger partial charge in [-0.3, -0.25) is 0 Å². The Hall–Kier alpha value is -2.44. The number of carboxylic acid groups (broad SMARTS) is 1. The van der Waals surface area contributed by atoms with Gasteiger partial charge < -0.3 is 24.2 Å². The van der Waals surface area contributed by atoms with E-state index in [0.717, 1.165) is 0 Å². The molecule has 1 heterocycles. The number of methoxy groups -OCH3 is 1. The molecule has 1 N–H and O–H groups in total. The van der Waals surface area contributed by atoms with Crippen molar-refractivity contribution < 1.29 is 28.9 Å². The van der Waals surface area contributed by atoms with Crippen LogP contribution < -0.4 is 9.47 Å². The molecule has 0 bridgehead atoms. The normalized spacial score (nSPS) is 15.6. The fourth-order valence-electron chi connectivity index (χ4n) is 2.57. The number of rotatable bonds is 4. The molecule has 0 aromatic heterocycles. The van der Waals surface area contributed by atoms with Crippen LogP contribution in [-0.2, 0) is 4.74 Å². The van der Waals surface area contributed by atoms with Crippen molar-refractivity contribution in [2.45, 2.75) is 45.3 Å². The molecule has 0 unspecified atom stereocenters. The summed E-state index contributed by atoms with van der Waals surface area (Å²) in [5.41, 5.74) is -0.433. The number of amides is 1. The zero-order chi connectivity index (χ0) is 18.6. The molecule has 0 spiro atoms. The molecule has 7 heteroatoms. The van der Waals surface area contributed by atoms with Crippen LogP contribution in [0, 0.1) is 0 Å². The number of ether oxygens (including phenoxy) is 3. The Kier molecular flexibility index (Phi) is 5.77. The van der Waals surface area contributed by atoms with Crippen LogP contribution in [0.1, 0.15) is 44.0 Å². The van der Waals surface area contributed by atoms with Gasteiger partial charge in [0, 0.05) is 32.0 Å². The number of likely N-dealkylation sites (tertiary alicyclic amines) is 1. The Bertz CT molecular complexity index is 629. The zero-order valence-electron chi connectivity index (χ0n) is 15.1. The Morgan fingerprint density at radius 2 is 1.84 bits per heavy atom. The van der Waals surface area contributed by atoms with Gasteiger partial charge in [-0.05, 0) is 32.9 Å². The summed E-state index contributed by atoms with van der Waals surface area (Å²) in [6.07, 6.45) is 0.716. The second-order valence-electron chi connectivity index (χ2n) is 6.95. The molecule has 1 aliphatic heterocycles. The molecule has 0 radical (unpaired) electrons. The van der Waals surface area contributed by atoms with Crippen molar-refractivity contribution in [2.75, 3.05) is 20.2 Å². The van der Waals surface area contributed by atoms with Crippen LogP contribution >= 0.6 is 0 Å². The third-order valence-electron chi connectivity index (χ3n) is 3.81. The highest BCUT2D eigenvalue weighted by atomic mass is 16.6. The van der Waals surface area contributed by atoms with Gasteiger partial charge in [0.05, 0.1) is 7.11 Å². The predicted octanol–water partition coefficient (Wildman–Crippen LogP) is 3.17. The SMILES string of the molecule is COc1ccc(C(=O)O)c(OC2CCN(C(=O)OC(C)(C)C)CC2)c1. The quantitative estimate of drug-likeness (QED) is 0.897. The standard InChI is InChI=1S/C18H25NO6/c1-18(2,3)25-17(22)19-9-7-12(8-10-19)24-15-11-13(23-4)5-6-14(15)16(20)21/h5-6,11-12H,7-10H2,1-4H3,(H,20,21). The van der Waals surface area contributed by atoms with Crippen molar-refractivity contribution >= 4 is 12.1 Å². The molecule has 1 amide bonds. The van der Waals surface area contributed by atoms with Crippen LogP contribution in [0.25, 0.3) is 0 Å². The largest absolute Gasteiger partial charge is 0.497 e. The predicted molar refractivity (Wildman–Crippen MR) is 91.4 cm³/mol. The topological polar surface area (TPSA) is 85.3 Å². The molecule has 1 aromatic carbocycles. The second-order valence-corrected chi connectivity index (χ2v) is 6.95. The van der Waals surface area contributed by atoms with Crippen molar-refractivity contribution in [3.63, 3.8) is 0 Å². The van der Waals surface area contributed by atoms with Gasteiger partial charge in [-0.15, -0.1) is 0 Å². The van der Waals surface area contributed by atoms with Gasteiger partial charge in [-0.25, -0.2) is 9.59 Å². The fourth-order valence-corrected chi connectivity index (χ4v) is 2.57. The van der Waals surface area contributed by atoms with E-state index >= 15 is 0 Å². The lowest BCUT2D eigenvalue weighted by atomic mass is 10.1. The minimum absolute atomic E-state index is 0.0929. The summed E-state index contributed by atoms with van der Waals surface area (Å²) in [6.45, 7) is 6.50. The van der Waals surface area contributed by atoms with Crippen molar-refractivity contribution in [3.8, 4) is 11.5 Å². The Balaban J connectivity index is 1.98. The average Bonchev–Trinajstić information content (AvgIpc) is 2.53. The molecule has 1 fully saturated rings. The van der Waals surface area contributed by atoms with Gasteiger partial charge >= 0.3 is 12.1 Å². The summed E-state index contributed by atoms with van der Waals surface area (Å²) in [5, 5.41) is 9.29. The van der Waals surface area contributed by atoms with E-state index in [9.17, 15) is 14.7 Å². The van der Waals surface area contributed by atoms with E-state index in [1.165, 1.54) is 13.2 Å². The summed E-state index contributed by atoms with van der Waals surface area (Å²) >= 11 is 0. The number of benzene rings is 1. The zero-order valence-corrected chi connectivity index (χ0v) is 15.1. The molecule has 7 nitrogen and oxygen atoms in total. The number of carbonyl (C=O) groups is 2. The van der Waals surface area contributed by atoms with Gasteiger partial charge in [-0.2, -0.15) is 0 Å². The lowest BCUT2D eigenvalue weighted by Gasteiger charge is -2.33. The molecule has 1 aromatic rings. The first-order valence-corrected chi connectivity index (χ1v) is 8.25. The lowest BCUT2D eigenvalue weighted by molar-refractivity contribution is 0.0126. The Morgan fingerprint density at radius 1 is 1.20 bits per heavy atom. The average molecular weight is 351 g/mol. The van der Waals surface area contributed by atoms with E-state index in [-0.39, 0.29) is 23.5 Å². The molecule has 138 valence electrons. The van der Waals surface area contributed by atoms with Crippen LogP contribution in [0.4, 0.5) is 4.79 Å². The van der Waals surface area contributed by atoms with E-state index in [0.29, 0.717) is 31.7 Å². The number of aromatic carboxylic acids is 1. The maximum atomic E-state index is 12.1. The van der Waals surface area contributed by atoms with E-state index in [4.69, 9.17) is 14.2 Å². The van der Waals surface area contributed by atoms with Crippen molar-refractivity contribution in [3.05, 3.63) is 23.8 Å². The van der Waals surface area contributed by atoms with E-state index in [1.807, 2.05) is 20.8 Å². The van der Waals surface area contributed by atoms with Gasteiger partial charge in [-0.1, -0.05) is 0 Å². The van der Waals surface area contributed by atoms with E-state index < -0.39 is 11.6 Å². The fraction of sp³-hybridized carbons (Fsp3) is 0.556. The van der Waals surface area contributed by atoms with Gasteiger partial charge in [0.2, 0.25) is 0 Å². The molecule has 0 atom stereocenters. The summed E-state index contributed by atoms with van der Waals surface area (Å²) in [4.78, 5) is 25.1. The maximum Gasteiger partial charge on any atom is 0.410 e. The Labute approximate surface area is 147 Å². The summed E-state index contributed by atoms with van der Waals surface area (Å²) in [7, 11) is 1.51. The minimum atomic E-state index is -1.05. The van der Waals surface area contributed by atoms with E-state index in [2.05, 4.69) is 0 Å². The van der Waals surface area contributed by atoms with Crippen LogP contribution in [0.15, 0.2) is 18.2 Å². The number of carboxylic acids is 1. The lowest BCUT2D eigenvalue weighted by Crippen LogP contribution is -2.44. The minimum Gasteiger partial charge on any atom is -0.497 e. The number of carbonyl (C=O) groups excluding carboxylic acids is 1. The first-order valence-electron chi connectivity index (χ1n) is 8.25. The smallest absolute Gasteiger partial charge is 0.410 e. The molecule has 0 aliphatic carbocycles. The number of hydrogen-bond acceptors (Lipinski definition) is 5. The highest BCUT2D eigenvalue weighted by molar-refractivity contribution is 5.91. The second kappa shape index (κ2) is 7.63. The number of hydrogen-bond donors (Lipinski definition) is 1. The first kappa shape index (κ1) is 18.9. The van der Waals surface area contributed by atoms with Crippen molar-refractivity contribution in [1.82, 2.24) is 4.90 Å². The van der Waals surface area contributed by atoms with Crippen LogP contribution in [0.3, 0.4) is 0 Å². The molecule has 0 saturated carbocycles. The molecular weight excluding hydrogens is 326 g/mol. The number of piperidine rings is 1. The Morgan fingerprint density at radius 3 is 2.36 bits per heavy atom. The van der Waals surface area contributed by atoms with Crippen LogP contribution in [-0.4, -0.2) is 54.0 Å². The maximum absolute atomic E-state index is 12.1. The van der Waals surface area contributed by atoms with Crippen LogP contribution in [0.5, 0.6) is 11.5 Å². The van der Waals surface area contributed by atoms with Gasteiger partial charge in [0.15, 0.2) is 0 Å². The first-order chi connectivity index (χ1) is 11.7. The third-order valence-corrected chi connectivity index (χ3v) is 3.81. The van der Waals surface area contributed by atoms with Crippen LogP contribution in [0.2, 0.25) is 0 Å². The molecular formula is C18H25NO6. The van der Waals surface area contributed by atoms with Gasteiger partial charge in [0.1, 0.15) is 28.8 Å². The molecule has 1 aliphatic rings. The summed E-state index contributed by atoms with van der Waals surface area (Å²) < 4.78 is 16.4. The van der Waals surface area contributed by atoms with Crippen molar-refractivity contribution in [2.24, 2.45) is 0 Å². The highest BCUT2D eigenvalue weighted by Gasteiger charge is 2.28. The number of nitrogens with zero attached hydrogens (tertiary/aromatic N) is 1. The summed E-state index contributed by atoms with van der Waals surface area (Å²) in [5.74, 6) is -0.238. The molecule has 25 heavy (non-hydrogen) atoms. The highest BCUT2D eigenvalue weighted by Crippen LogP contribution is 2.28. The van der Waals surface area contributed by atoms with Crippen molar-refractivity contribution in [1.29, 1.82) is 0 Å². The van der Waals surface area contributed by atoms with E-state index in [1.54, 1.807) is 17.0 Å². The summed E-state index contributed by atoms with van der Waals surface area (Å²) in [6, 6.07) is 4.62. The molecule has 2 rings (SSSR count). The van der Waals surface area contributed by atoms with Gasteiger partial charge in [0.25, 0.3) is 0 Å². The molecule has 1 saturated heterocycles. The monoisotopic (exact) mass is 351 g/mol.